The summed E-state index contributed by atoms with van der Waals surface area (Å²) in [4.78, 5) is 26.9. The van der Waals surface area contributed by atoms with E-state index in [-0.39, 0.29) is 24.6 Å². The Labute approximate surface area is 153 Å². The first-order valence-corrected chi connectivity index (χ1v) is 9.41. The highest BCUT2D eigenvalue weighted by Gasteiger charge is 2.27. The monoisotopic (exact) mass is 359 g/mol. The number of likely N-dealkylation sites (tertiary alicyclic amines) is 1. The van der Waals surface area contributed by atoms with Crippen LogP contribution in [0.3, 0.4) is 0 Å². The van der Waals surface area contributed by atoms with Gasteiger partial charge in [-0.25, -0.2) is 0 Å². The Balaban J connectivity index is 1.32. The van der Waals surface area contributed by atoms with E-state index in [9.17, 15) is 9.59 Å². The van der Waals surface area contributed by atoms with Gasteiger partial charge in [0.2, 0.25) is 12.7 Å². The first-order chi connectivity index (χ1) is 12.7. The molecule has 2 fully saturated rings. The summed E-state index contributed by atoms with van der Waals surface area (Å²) < 4.78 is 10.7. The number of carbonyl (C=O) groups excluding carboxylic acids is 2. The largest absolute Gasteiger partial charge is 0.454 e. The van der Waals surface area contributed by atoms with Crippen LogP contribution in [0.25, 0.3) is 0 Å². The summed E-state index contributed by atoms with van der Waals surface area (Å²) in [6.07, 6.45) is 3.95. The van der Waals surface area contributed by atoms with E-state index in [1.54, 1.807) is 18.2 Å². The van der Waals surface area contributed by atoms with Crippen molar-refractivity contribution < 1.29 is 19.1 Å². The van der Waals surface area contributed by atoms with Gasteiger partial charge in [0.15, 0.2) is 11.5 Å². The molecular formula is C19H25N3O4. The van der Waals surface area contributed by atoms with Crippen LogP contribution in [0, 0.1) is 5.92 Å². The van der Waals surface area contributed by atoms with Crippen molar-refractivity contribution in [3.63, 3.8) is 0 Å². The number of rotatable bonds is 4. The number of ether oxygens (including phenoxy) is 2. The molecular weight excluding hydrogens is 334 g/mol. The summed E-state index contributed by atoms with van der Waals surface area (Å²) in [5.74, 6) is 1.70. The van der Waals surface area contributed by atoms with Crippen LogP contribution in [0.5, 0.6) is 11.5 Å². The summed E-state index contributed by atoms with van der Waals surface area (Å²) in [5.41, 5.74) is 0.620. The Kier molecular flexibility index (Phi) is 4.97. The van der Waals surface area contributed by atoms with E-state index in [1.165, 1.54) is 0 Å². The standard InChI is InChI=1S/C19H25N3O4/c23-18(15-4-1-7-20-15)21-10-13-3-2-8-22(11-13)19(24)14-5-6-16-17(9-14)26-12-25-16/h5-6,9,13,15,20H,1-4,7-8,10-12H2,(H,21,23). The first-order valence-electron chi connectivity index (χ1n) is 9.41. The number of benzene rings is 1. The highest BCUT2D eigenvalue weighted by Crippen LogP contribution is 2.33. The number of fused-ring (bicyclic) bond motifs is 1. The Bertz CT molecular complexity index is 687. The average Bonchev–Trinajstić information content (AvgIpc) is 3.36. The number of carbonyl (C=O) groups is 2. The fourth-order valence-corrected chi connectivity index (χ4v) is 3.90. The fourth-order valence-electron chi connectivity index (χ4n) is 3.90. The Morgan fingerprint density at radius 1 is 1.19 bits per heavy atom. The lowest BCUT2D eigenvalue weighted by atomic mass is 9.97. The first kappa shape index (κ1) is 17.1. The molecule has 140 valence electrons. The molecule has 26 heavy (non-hydrogen) atoms. The second kappa shape index (κ2) is 7.53. The predicted octanol–water partition coefficient (Wildman–Crippen LogP) is 1.14. The number of nitrogens with zero attached hydrogens (tertiary/aromatic N) is 1. The van der Waals surface area contributed by atoms with E-state index in [0.717, 1.165) is 38.8 Å². The molecule has 2 unspecified atom stereocenters. The maximum Gasteiger partial charge on any atom is 0.254 e. The van der Waals surface area contributed by atoms with Gasteiger partial charge in [-0.15, -0.1) is 0 Å². The van der Waals surface area contributed by atoms with E-state index in [1.807, 2.05) is 4.90 Å². The van der Waals surface area contributed by atoms with Crippen molar-refractivity contribution in [3.8, 4) is 11.5 Å². The highest BCUT2D eigenvalue weighted by atomic mass is 16.7. The van der Waals surface area contributed by atoms with Crippen LogP contribution in [0.1, 0.15) is 36.0 Å². The van der Waals surface area contributed by atoms with Gasteiger partial charge in [-0.05, 0) is 56.3 Å². The zero-order valence-corrected chi connectivity index (χ0v) is 14.8. The molecule has 1 aromatic rings. The Hall–Kier alpha value is -2.28. The van der Waals surface area contributed by atoms with Crippen molar-refractivity contribution in [3.05, 3.63) is 23.8 Å². The maximum atomic E-state index is 12.8. The van der Waals surface area contributed by atoms with Gasteiger partial charge in [0, 0.05) is 25.2 Å². The summed E-state index contributed by atoms with van der Waals surface area (Å²) in [7, 11) is 0. The molecule has 3 heterocycles. The van der Waals surface area contributed by atoms with Crippen LogP contribution >= 0.6 is 0 Å². The maximum absolute atomic E-state index is 12.8. The van der Waals surface area contributed by atoms with Gasteiger partial charge >= 0.3 is 0 Å². The predicted molar refractivity (Wildman–Crippen MR) is 95.2 cm³/mol. The molecule has 3 aliphatic rings. The van der Waals surface area contributed by atoms with Crippen LogP contribution in [0.2, 0.25) is 0 Å². The lowest BCUT2D eigenvalue weighted by molar-refractivity contribution is -0.123. The van der Waals surface area contributed by atoms with Gasteiger partial charge in [-0.1, -0.05) is 0 Å². The summed E-state index contributed by atoms with van der Waals surface area (Å²) in [6, 6.07) is 5.27. The van der Waals surface area contributed by atoms with E-state index >= 15 is 0 Å². The summed E-state index contributed by atoms with van der Waals surface area (Å²) in [5, 5.41) is 6.27. The van der Waals surface area contributed by atoms with Crippen LogP contribution in [0.15, 0.2) is 18.2 Å². The quantitative estimate of drug-likeness (QED) is 0.843. The molecule has 7 nitrogen and oxygen atoms in total. The van der Waals surface area contributed by atoms with Crippen molar-refractivity contribution in [2.45, 2.75) is 31.7 Å². The molecule has 2 saturated heterocycles. The molecule has 0 radical (unpaired) electrons. The smallest absolute Gasteiger partial charge is 0.254 e. The van der Waals surface area contributed by atoms with Gasteiger partial charge in [-0.2, -0.15) is 0 Å². The number of hydrogen-bond acceptors (Lipinski definition) is 5. The average molecular weight is 359 g/mol. The number of nitrogens with one attached hydrogen (secondary N) is 2. The van der Waals surface area contributed by atoms with Crippen LogP contribution in [0.4, 0.5) is 0 Å². The minimum Gasteiger partial charge on any atom is -0.454 e. The zero-order valence-electron chi connectivity index (χ0n) is 14.8. The molecule has 3 aliphatic heterocycles. The molecule has 0 bridgehead atoms. The number of hydrogen-bond donors (Lipinski definition) is 2. The van der Waals surface area contributed by atoms with Crippen molar-refractivity contribution in [2.24, 2.45) is 5.92 Å². The van der Waals surface area contributed by atoms with E-state index in [4.69, 9.17) is 9.47 Å². The fraction of sp³-hybridized carbons (Fsp3) is 0.579. The second-order valence-electron chi connectivity index (χ2n) is 7.22. The Morgan fingerprint density at radius 2 is 2.08 bits per heavy atom. The third kappa shape index (κ3) is 3.62. The number of amides is 2. The van der Waals surface area contributed by atoms with Crippen molar-refractivity contribution in [2.75, 3.05) is 33.0 Å². The summed E-state index contributed by atoms with van der Waals surface area (Å²) in [6.45, 7) is 3.17. The minimum atomic E-state index is -0.0510. The zero-order chi connectivity index (χ0) is 17.9. The van der Waals surface area contributed by atoms with Gasteiger partial charge < -0.3 is 25.0 Å². The molecule has 0 aliphatic carbocycles. The van der Waals surface area contributed by atoms with Gasteiger partial charge in [0.05, 0.1) is 6.04 Å². The molecule has 2 atom stereocenters. The topological polar surface area (TPSA) is 79.9 Å². The van der Waals surface area contributed by atoms with Gasteiger partial charge in [-0.3, -0.25) is 9.59 Å². The van der Waals surface area contributed by atoms with Crippen molar-refractivity contribution in [1.29, 1.82) is 0 Å². The number of piperidine rings is 1. The third-order valence-corrected chi connectivity index (χ3v) is 5.37. The Morgan fingerprint density at radius 3 is 2.92 bits per heavy atom. The molecule has 0 saturated carbocycles. The molecule has 7 heteroatoms. The normalized spacial score (nSPS) is 24.5. The van der Waals surface area contributed by atoms with E-state index < -0.39 is 0 Å². The third-order valence-electron chi connectivity index (χ3n) is 5.37. The van der Waals surface area contributed by atoms with Crippen LogP contribution < -0.4 is 20.1 Å². The van der Waals surface area contributed by atoms with Crippen molar-refractivity contribution >= 4 is 11.8 Å². The molecule has 0 spiro atoms. The minimum absolute atomic E-state index is 0.0109. The second-order valence-corrected chi connectivity index (χ2v) is 7.22. The SMILES string of the molecule is O=C(NCC1CCCN(C(=O)c2ccc3c(c2)OCO3)C1)C1CCCN1. The molecule has 2 N–H and O–H groups in total. The lowest BCUT2D eigenvalue weighted by Gasteiger charge is -2.33. The van der Waals surface area contributed by atoms with E-state index in [0.29, 0.717) is 36.1 Å². The van der Waals surface area contributed by atoms with E-state index in [2.05, 4.69) is 10.6 Å². The molecule has 4 rings (SSSR count). The summed E-state index contributed by atoms with van der Waals surface area (Å²) >= 11 is 0. The van der Waals surface area contributed by atoms with Crippen LogP contribution in [-0.2, 0) is 4.79 Å². The van der Waals surface area contributed by atoms with Gasteiger partial charge in [0.1, 0.15) is 0 Å². The lowest BCUT2D eigenvalue weighted by Crippen LogP contribution is -2.46. The molecule has 1 aromatic carbocycles. The van der Waals surface area contributed by atoms with Crippen molar-refractivity contribution in [1.82, 2.24) is 15.5 Å². The molecule has 2 amide bonds. The van der Waals surface area contributed by atoms with Crippen LogP contribution in [-0.4, -0.2) is 55.7 Å². The van der Waals surface area contributed by atoms with Gasteiger partial charge in [0.25, 0.3) is 5.91 Å². The highest BCUT2D eigenvalue weighted by molar-refractivity contribution is 5.95. The molecule has 0 aromatic heterocycles.